The summed E-state index contributed by atoms with van der Waals surface area (Å²) >= 11 is 13.3. The van der Waals surface area contributed by atoms with Gasteiger partial charge in [-0.3, -0.25) is 5.32 Å². The molecule has 0 spiro atoms. The van der Waals surface area contributed by atoms with Gasteiger partial charge in [0.2, 0.25) is 5.13 Å². The third-order valence-corrected chi connectivity index (χ3v) is 4.82. The molecule has 2 amide bonds. The van der Waals surface area contributed by atoms with Crippen LogP contribution in [0.3, 0.4) is 0 Å². The first kappa shape index (κ1) is 18.4. The molecule has 0 fully saturated rings. The molecule has 3 rings (SSSR count). The summed E-state index contributed by atoms with van der Waals surface area (Å²) in [6.45, 7) is 0. The molecule has 0 aliphatic rings. The predicted molar refractivity (Wildman–Crippen MR) is 105 cm³/mol. The SMILES string of the molecule is COc1ccc(NC(=O)Nc2nnc(Cc3ccc(Cl)cc3Cl)s2)cc1. The van der Waals surface area contributed by atoms with Crippen LogP contribution in [0.15, 0.2) is 42.5 Å². The van der Waals surface area contributed by atoms with Crippen molar-refractivity contribution < 1.29 is 9.53 Å². The summed E-state index contributed by atoms with van der Waals surface area (Å²) in [5.41, 5.74) is 1.53. The van der Waals surface area contributed by atoms with Crippen LogP contribution in [0.2, 0.25) is 10.0 Å². The van der Waals surface area contributed by atoms with Crippen LogP contribution in [-0.2, 0) is 6.42 Å². The van der Waals surface area contributed by atoms with Gasteiger partial charge in [0.05, 0.1) is 7.11 Å². The van der Waals surface area contributed by atoms with Crippen molar-refractivity contribution in [3.63, 3.8) is 0 Å². The molecule has 0 saturated heterocycles. The first-order valence-corrected chi connectivity index (χ1v) is 9.09. The molecule has 2 N–H and O–H groups in total. The van der Waals surface area contributed by atoms with Gasteiger partial charge in [-0.1, -0.05) is 40.6 Å². The van der Waals surface area contributed by atoms with Crippen molar-refractivity contribution >= 4 is 51.4 Å². The number of ether oxygens (including phenoxy) is 1. The van der Waals surface area contributed by atoms with Crippen molar-refractivity contribution in [2.24, 2.45) is 0 Å². The first-order valence-electron chi connectivity index (χ1n) is 7.52. The Morgan fingerprint density at radius 3 is 2.58 bits per heavy atom. The number of carbonyl (C=O) groups is 1. The van der Waals surface area contributed by atoms with Crippen LogP contribution in [0.5, 0.6) is 5.75 Å². The highest BCUT2D eigenvalue weighted by atomic mass is 35.5. The number of carbonyl (C=O) groups excluding carboxylic acids is 1. The molecule has 0 aliphatic heterocycles. The van der Waals surface area contributed by atoms with E-state index in [1.807, 2.05) is 6.07 Å². The van der Waals surface area contributed by atoms with E-state index in [4.69, 9.17) is 27.9 Å². The molecule has 2 aromatic carbocycles. The van der Waals surface area contributed by atoms with E-state index in [0.717, 1.165) is 10.6 Å². The number of hydrogen-bond acceptors (Lipinski definition) is 5. The quantitative estimate of drug-likeness (QED) is 0.616. The second-order valence-corrected chi connectivity index (χ2v) is 7.13. The highest BCUT2D eigenvalue weighted by Gasteiger charge is 2.11. The fourth-order valence-electron chi connectivity index (χ4n) is 2.14. The minimum absolute atomic E-state index is 0.399. The van der Waals surface area contributed by atoms with Crippen LogP contribution in [-0.4, -0.2) is 23.3 Å². The number of amides is 2. The number of methoxy groups -OCH3 is 1. The highest BCUT2D eigenvalue weighted by Crippen LogP contribution is 2.25. The van der Waals surface area contributed by atoms with E-state index in [-0.39, 0.29) is 0 Å². The predicted octanol–water partition coefficient (Wildman–Crippen LogP) is 5.09. The molecule has 0 aliphatic carbocycles. The van der Waals surface area contributed by atoms with E-state index >= 15 is 0 Å². The number of halogens is 2. The largest absolute Gasteiger partial charge is 0.497 e. The van der Waals surface area contributed by atoms with E-state index in [2.05, 4.69) is 20.8 Å². The molecule has 9 heteroatoms. The number of nitrogens with zero attached hydrogens (tertiary/aromatic N) is 2. The topological polar surface area (TPSA) is 76.1 Å². The Bertz CT molecular complexity index is 915. The number of urea groups is 1. The van der Waals surface area contributed by atoms with Crippen LogP contribution < -0.4 is 15.4 Å². The number of aromatic nitrogens is 2. The molecular formula is C17H14Cl2N4O2S. The van der Waals surface area contributed by atoms with Gasteiger partial charge >= 0.3 is 6.03 Å². The zero-order valence-corrected chi connectivity index (χ0v) is 16.0. The molecule has 6 nitrogen and oxygen atoms in total. The van der Waals surface area contributed by atoms with Crippen LogP contribution in [0, 0.1) is 0 Å². The highest BCUT2D eigenvalue weighted by molar-refractivity contribution is 7.15. The van der Waals surface area contributed by atoms with Gasteiger partial charge in [-0.15, -0.1) is 10.2 Å². The summed E-state index contributed by atoms with van der Waals surface area (Å²) in [7, 11) is 1.58. The lowest BCUT2D eigenvalue weighted by atomic mass is 10.2. The van der Waals surface area contributed by atoms with Gasteiger partial charge in [0.25, 0.3) is 0 Å². The first-order chi connectivity index (χ1) is 12.5. The molecular weight excluding hydrogens is 395 g/mol. The third kappa shape index (κ3) is 4.85. The van der Waals surface area contributed by atoms with E-state index in [9.17, 15) is 4.79 Å². The van der Waals surface area contributed by atoms with Crippen LogP contribution in [0.4, 0.5) is 15.6 Å². The lowest BCUT2D eigenvalue weighted by Gasteiger charge is -2.06. The van der Waals surface area contributed by atoms with Gasteiger partial charge in [0.15, 0.2) is 0 Å². The Balaban J connectivity index is 1.59. The van der Waals surface area contributed by atoms with Gasteiger partial charge in [0.1, 0.15) is 10.8 Å². The number of rotatable bonds is 5. The second-order valence-electron chi connectivity index (χ2n) is 5.22. The zero-order valence-electron chi connectivity index (χ0n) is 13.6. The average Bonchev–Trinajstić information content (AvgIpc) is 3.05. The molecule has 1 heterocycles. The lowest BCUT2D eigenvalue weighted by Crippen LogP contribution is -2.19. The Kier molecular flexibility index (Phi) is 5.92. The third-order valence-electron chi connectivity index (χ3n) is 3.39. The summed E-state index contributed by atoms with van der Waals surface area (Å²) in [5.74, 6) is 0.714. The molecule has 26 heavy (non-hydrogen) atoms. The average molecular weight is 409 g/mol. The van der Waals surface area contributed by atoms with Crippen molar-refractivity contribution in [3.8, 4) is 5.75 Å². The molecule has 0 atom stereocenters. The molecule has 1 aromatic heterocycles. The van der Waals surface area contributed by atoms with Crippen molar-refractivity contribution in [2.45, 2.75) is 6.42 Å². The van der Waals surface area contributed by atoms with Gasteiger partial charge < -0.3 is 10.1 Å². The monoisotopic (exact) mass is 408 g/mol. The van der Waals surface area contributed by atoms with E-state index in [1.165, 1.54) is 11.3 Å². The molecule has 0 unspecified atom stereocenters. The summed E-state index contributed by atoms with van der Waals surface area (Å²) in [4.78, 5) is 12.0. The van der Waals surface area contributed by atoms with Crippen LogP contribution >= 0.6 is 34.5 Å². The molecule has 0 saturated carbocycles. The number of benzene rings is 2. The minimum atomic E-state index is -0.401. The number of nitrogens with one attached hydrogen (secondary N) is 2. The van der Waals surface area contributed by atoms with Gasteiger partial charge in [-0.05, 0) is 42.0 Å². The Morgan fingerprint density at radius 2 is 1.88 bits per heavy atom. The van der Waals surface area contributed by atoms with Crippen LogP contribution in [0.1, 0.15) is 10.6 Å². The smallest absolute Gasteiger partial charge is 0.325 e. The van der Waals surface area contributed by atoms with E-state index in [1.54, 1.807) is 43.5 Å². The normalized spacial score (nSPS) is 10.4. The summed E-state index contributed by atoms with van der Waals surface area (Å²) < 4.78 is 5.07. The maximum Gasteiger partial charge on any atom is 0.325 e. The Labute approximate surface area is 164 Å². The Hall–Kier alpha value is -2.35. The fourth-order valence-corrected chi connectivity index (χ4v) is 3.37. The molecule has 3 aromatic rings. The van der Waals surface area contributed by atoms with Crippen molar-refractivity contribution in [1.82, 2.24) is 10.2 Å². The van der Waals surface area contributed by atoms with Gasteiger partial charge in [0, 0.05) is 22.2 Å². The maximum atomic E-state index is 12.0. The van der Waals surface area contributed by atoms with Crippen molar-refractivity contribution in [2.75, 3.05) is 17.7 Å². The summed E-state index contributed by atoms with van der Waals surface area (Å²) in [6, 6.07) is 11.9. The van der Waals surface area contributed by atoms with Gasteiger partial charge in [-0.2, -0.15) is 0 Å². The van der Waals surface area contributed by atoms with Gasteiger partial charge in [-0.25, -0.2) is 4.79 Å². The standard InChI is InChI=1S/C17H14Cl2N4O2S/c1-25-13-6-4-12(5-7-13)20-16(24)21-17-23-22-15(26-17)8-10-2-3-11(18)9-14(10)19/h2-7,9H,8H2,1H3,(H2,20,21,23,24). The maximum absolute atomic E-state index is 12.0. The summed E-state index contributed by atoms with van der Waals surface area (Å²) in [6.07, 6.45) is 0.509. The minimum Gasteiger partial charge on any atom is -0.497 e. The lowest BCUT2D eigenvalue weighted by molar-refractivity contribution is 0.262. The second kappa shape index (κ2) is 8.35. The fraction of sp³-hybridized carbons (Fsp3) is 0.118. The number of hydrogen-bond donors (Lipinski definition) is 2. The number of anilines is 2. The summed E-state index contributed by atoms with van der Waals surface area (Å²) in [5, 5.41) is 15.7. The Morgan fingerprint density at radius 1 is 1.12 bits per heavy atom. The molecule has 0 bridgehead atoms. The van der Waals surface area contributed by atoms with Crippen LogP contribution in [0.25, 0.3) is 0 Å². The van der Waals surface area contributed by atoms with Crippen molar-refractivity contribution in [3.05, 3.63) is 63.1 Å². The zero-order chi connectivity index (χ0) is 18.5. The van der Waals surface area contributed by atoms with E-state index < -0.39 is 6.03 Å². The molecule has 0 radical (unpaired) electrons. The van der Waals surface area contributed by atoms with E-state index in [0.29, 0.717) is 33.0 Å². The molecule has 134 valence electrons. The van der Waals surface area contributed by atoms with Crippen molar-refractivity contribution in [1.29, 1.82) is 0 Å².